The molecule has 1 aromatic heterocycles. The molecule has 140 valence electrons. The number of hydrogen-bond acceptors (Lipinski definition) is 3. The number of amides is 2. The normalized spacial score (nSPS) is 21.3. The Kier molecular flexibility index (Phi) is 4.96. The fourth-order valence-corrected chi connectivity index (χ4v) is 3.98. The molecule has 2 atom stereocenters. The fourth-order valence-electron chi connectivity index (χ4n) is 3.61. The monoisotopic (exact) mass is 422 g/mol. The lowest BCUT2D eigenvalue weighted by Gasteiger charge is -2.36. The molecule has 2 amide bonds. The van der Waals surface area contributed by atoms with E-state index in [2.05, 4.69) is 26.2 Å². The van der Waals surface area contributed by atoms with E-state index < -0.39 is 17.7 Å². The number of H-pyrrole nitrogens is 1. The molecule has 8 heteroatoms. The van der Waals surface area contributed by atoms with E-state index in [1.54, 1.807) is 4.90 Å². The average molecular weight is 423 g/mol. The van der Waals surface area contributed by atoms with E-state index in [9.17, 15) is 9.59 Å². The highest BCUT2D eigenvalue weighted by molar-refractivity contribution is 9.10. The van der Waals surface area contributed by atoms with Gasteiger partial charge in [0.05, 0.1) is 16.6 Å². The van der Waals surface area contributed by atoms with Crippen molar-refractivity contribution in [3.8, 4) is 0 Å². The van der Waals surface area contributed by atoms with Crippen molar-refractivity contribution in [3.63, 3.8) is 0 Å². The minimum absolute atomic E-state index is 0.143. The van der Waals surface area contributed by atoms with Gasteiger partial charge in [0.1, 0.15) is 11.9 Å². The summed E-state index contributed by atoms with van der Waals surface area (Å²) in [6.07, 6.45) is 0.435. The van der Waals surface area contributed by atoms with Gasteiger partial charge in [-0.1, -0.05) is 29.8 Å². The molecule has 2 heterocycles. The Morgan fingerprint density at radius 2 is 2.15 bits per heavy atom. The first-order valence-electron chi connectivity index (χ1n) is 8.69. The van der Waals surface area contributed by atoms with Crippen molar-refractivity contribution in [2.75, 3.05) is 6.54 Å². The van der Waals surface area contributed by atoms with Crippen molar-refractivity contribution >= 4 is 39.0 Å². The van der Waals surface area contributed by atoms with Crippen LogP contribution in [0.3, 0.4) is 0 Å². The number of hydrogen-bond donors (Lipinski definition) is 3. The molecule has 0 bridgehead atoms. The van der Waals surface area contributed by atoms with Crippen LogP contribution in [0, 0.1) is 5.92 Å². The van der Waals surface area contributed by atoms with Crippen molar-refractivity contribution in [1.29, 1.82) is 0 Å². The third-order valence-electron chi connectivity index (χ3n) is 5.07. The maximum atomic E-state index is 13.1. The van der Waals surface area contributed by atoms with Crippen LogP contribution in [0.1, 0.15) is 39.4 Å². The van der Waals surface area contributed by atoms with Crippen molar-refractivity contribution < 1.29 is 14.7 Å². The second kappa shape index (κ2) is 6.90. The number of carboxylic acid groups (broad SMARTS) is 1. The highest BCUT2D eigenvalue weighted by Crippen LogP contribution is 2.38. The zero-order chi connectivity index (χ0) is 19.1. The highest BCUT2D eigenvalue weighted by Gasteiger charge is 2.45. The Balaban J connectivity index is 1.96. The number of benzene rings is 1. The maximum Gasteiger partial charge on any atom is 0.405 e. The van der Waals surface area contributed by atoms with E-state index in [1.165, 1.54) is 0 Å². The standard InChI is InChI=1S/C18H23BrN4O3/c1-10(2)14(22-17(25)26)15(24)23-8-4-7-18(23,3)16-20-12-6-5-11(19)9-13(12)21-16/h5-6,9-10,14,22H,4,7-8H2,1-3H3,(H,20,21)(H,25,26)/t14-,18-/m0/s1. The average Bonchev–Trinajstić information content (AvgIpc) is 3.15. The molecule has 1 aromatic carbocycles. The van der Waals surface area contributed by atoms with Crippen LogP contribution in [0.4, 0.5) is 4.79 Å². The summed E-state index contributed by atoms with van der Waals surface area (Å²) in [5.74, 6) is 0.383. The van der Waals surface area contributed by atoms with E-state index >= 15 is 0 Å². The maximum absolute atomic E-state index is 13.1. The first-order valence-corrected chi connectivity index (χ1v) is 9.48. The third kappa shape index (κ3) is 3.30. The van der Waals surface area contributed by atoms with Gasteiger partial charge < -0.3 is 20.3 Å². The zero-order valence-electron chi connectivity index (χ0n) is 15.0. The van der Waals surface area contributed by atoms with Crippen molar-refractivity contribution in [2.45, 2.75) is 45.2 Å². The van der Waals surface area contributed by atoms with E-state index in [0.717, 1.165) is 34.2 Å². The van der Waals surface area contributed by atoms with Gasteiger partial charge in [-0.25, -0.2) is 9.78 Å². The Hall–Kier alpha value is -2.09. The van der Waals surface area contributed by atoms with Gasteiger partial charge >= 0.3 is 6.09 Å². The second-order valence-corrected chi connectivity index (χ2v) is 8.20. The van der Waals surface area contributed by atoms with Crippen molar-refractivity contribution in [3.05, 3.63) is 28.5 Å². The van der Waals surface area contributed by atoms with E-state index in [4.69, 9.17) is 10.1 Å². The number of nitrogens with one attached hydrogen (secondary N) is 2. The molecule has 1 aliphatic rings. The summed E-state index contributed by atoms with van der Waals surface area (Å²) in [4.78, 5) is 34.0. The summed E-state index contributed by atoms with van der Waals surface area (Å²) in [7, 11) is 0. The molecule has 3 N–H and O–H groups in total. The zero-order valence-corrected chi connectivity index (χ0v) is 16.6. The lowest BCUT2D eigenvalue weighted by atomic mass is 9.95. The topological polar surface area (TPSA) is 98.3 Å². The summed E-state index contributed by atoms with van der Waals surface area (Å²) < 4.78 is 0.954. The molecule has 7 nitrogen and oxygen atoms in total. The van der Waals surface area contributed by atoms with Crippen molar-refractivity contribution in [1.82, 2.24) is 20.2 Å². The molecule has 2 aromatic rings. The number of aromatic amines is 1. The van der Waals surface area contributed by atoms with Crippen LogP contribution in [-0.4, -0.2) is 44.6 Å². The van der Waals surface area contributed by atoms with E-state index in [1.807, 2.05) is 39.0 Å². The van der Waals surface area contributed by atoms with Gasteiger partial charge in [-0.3, -0.25) is 4.79 Å². The van der Waals surface area contributed by atoms with Gasteiger partial charge in [0.2, 0.25) is 5.91 Å². The number of nitrogens with zero attached hydrogens (tertiary/aromatic N) is 2. The Morgan fingerprint density at radius 3 is 2.81 bits per heavy atom. The molecule has 0 unspecified atom stereocenters. The van der Waals surface area contributed by atoms with Gasteiger partial charge in [-0.2, -0.15) is 0 Å². The number of fused-ring (bicyclic) bond motifs is 1. The summed E-state index contributed by atoms with van der Waals surface area (Å²) >= 11 is 3.46. The first kappa shape index (κ1) is 18.7. The van der Waals surface area contributed by atoms with Gasteiger partial charge in [0.15, 0.2) is 0 Å². The molecular weight excluding hydrogens is 400 g/mol. The molecule has 26 heavy (non-hydrogen) atoms. The Labute approximate surface area is 160 Å². The number of carbonyl (C=O) groups excluding carboxylic acids is 1. The predicted octanol–water partition coefficient (Wildman–Crippen LogP) is 3.46. The molecule has 0 spiro atoms. The van der Waals surface area contributed by atoms with E-state index in [-0.39, 0.29) is 11.8 Å². The lowest BCUT2D eigenvalue weighted by Crippen LogP contribution is -2.54. The number of halogens is 1. The lowest BCUT2D eigenvalue weighted by molar-refractivity contribution is -0.138. The second-order valence-electron chi connectivity index (χ2n) is 7.29. The van der Waals surface area contributed by atoms with Crippen LogP contribution in [-0.2, 0) is 10.3 Å². The number of aromatic nitrogens is 2. The van der Waals surface area contributed by atoms with Crippen LogP contribution < -0.4 is 5.32 Å². The number of imidazole rings is 1. The number of carbonyl (C=O) groups is 2. The summed E-state index contributed by atoms with van der Waals surface area (Å²) in [5.41, 5.74) is 1.15. The Morgan fingerprint density at radius 1 is 1.42 bits per heavy atom. The van der Waals surface area contributed by atoms with Crippen LogP contribution in [0.15, 0.2) is 22.7 Å². The van der Waals surface area contributed by atoms with E-state index in [0.29, 0.717) is 6.54 Å². The SMILES string of the molecule is CC(C)[C@H](NC(=O)O)C(=O)N1CCC[C@@]1(C)c1nc2ccc(Br)cc2[nH]1. The van der Waals surface area contributed by atoms with Gasteiger partial charge in [-0.05, 0) is 43.9 Å². The molecule has 0 radical (unpaired) electrons. The van der Waals surface area contributed by atoms with Crippen LogP contribution in [0.25, 0.3) is 11.0 Å². The van der Waals surface area contributed by atoms with Gasteiger partial charge in [0.25, 0.3) is 0 Å². The minimum atomic E-state index is -1.19. The van der Waals surface area contributed by atoms with Gasteiger partial charge in [0, 0.05) is 11.0 Å². The number of rotatable bonds is 4. The summed E-state index contributed by atoms with van der Waals surface area (Å²) in [5, 5.41) is 11.5. The van der Waals surface area contributed by atoms with Crippen LogP contribution in [0.5, 0.6) is 0 Å². The molecular formula is C18H23BrN4O3. The predicted molar refractivity (Wildman–Crippen MR) is 102 cm³/mol. The third-order valence-corrected chi connectivity index (χ3v) is 5.57. The van der Waals surface area contributed by atoms with Crippen LogP contribution in [0.2, 0.25) is 0 Å². The highest BCUT2D eigenvalue weighted by atomic mass is 79.9. The van der Waals surface area contributed by atoms with Crippen molar-refractivity contribution in [2.24, 2.45) is 5.92 Å². The van der Waals surface area contributed by atoms with Crippen LogP contribution >= 0.6 is 15.9 Å². The minimum Gasteiger partial charge on any atom is -0.465 e. The summed E-state index contributed by atoms with van der Waals surface area (Å²) in [6, 6.07) is 5.04. The number of likely N-dealkylation sites (tertiary alicyclic amines) is 1. The first-order chi connectivity index (χ1) is 12.2. The molecule has 1 saturated heterocycles. The molecule has 1 aliphatic heterocycles. The fraction of sp³-hybridized carbons (Fsp3) is 0.500. The molecule has 1 fully saturated rings. The quantitative estimate of drug-likeness (QED) is 0.702. The largest absolute Gasteiger partial charge is 0.465 e. The molecule has 0 saturated carbocycles. The molecule has 0 aliphatic carbocycles. The van der Waals surface area contributed by atoms with Gasteiger partial charge in [-0.15, -0.1) is 0 Å². The summed E-state index contributed by atoms with van der Waals surface area (Å²) in [6.45, 7) is 6.25. The Bertz CT molecular complexity index is 850. The molecule has 3 rings (SSSR count). The smallest absolute Gasteiger partial charge is 0.405 e.